The number of carbonyl (C=O) groups excluding carboxylic acids is 3. The standard InChI is InChI=1S/C29H33N5O4/c1-38-26-12-5-4-11-24(26)33-17-15-32(16-18-33)20-28(36)34-14-13-30-29(37)25(34)19-27(35)31-23-10-6-8-21-7-2-3-9-22(21)23/h2-12,25H,13-20H2,1H3,(H,30,37)(H,31,35). The zero-order valence-corrected chi connectivity index (χ0v) is 21.6. The van der Waals surface area contributed by atoms with Gasteiger partial charge in [-0.3, -0.25) is 19.3 Å². The summed E-state index contributed by atoms with van der Waals surface area (Å²) in [5.74, 6) is 0.111. The van der Waals surface area contributed by atoms with Gasteiger partial charge in [-0.2, -0.15) is 0 Å². The van der Waals surface area contributed by atoms with Crippen LogP contribution in [0.4, 0.5) is 11.4 Å². The smallest absolute Gasteiger partial charge is 0.243 e. The molecule has 5 rings (SSSR count). The van der Waals surface area contributed by atoms with Crippen molar-refractivity contribution < 1.29 is 19.1 Å². The minimum atomic E-state index is -0.832. The number of para-hydroxylation sites is 2. The van der Waals surface area contributed by atoms with Crippen molar-refractivity contribution in [3.8, 4) is 5.75 Å². The van der Waals surface area contributed by atoms with Gasteiger partial charge in [-0.1, -0.05) is 48.5 Å². The molecule has 0 aliphatic carbocycles. The highest BCUT2D eigenvalue weighted by Crippen LogP contribution is 2.28. The first kappa shape index (κ1) is 25.5. The monoisotopic (exact) mass is 515 g/mol. The Balaban J connectivity index is 1.20. The van der Waals surface area contributed by atoms with Gasteiger partial charge < -0.3 is 25.2 Å². The van der Waals surface area contributed by atoms with Gasteiger partial charge in [0.25, 0.3) is 0 Å². The van der Waals surface area contributed by atoms with Crippen LogP contribution in [0.15, 0.2) is 66.7 Å². The van der Waals surface area contributed by atoms with Crippen molar-refractivity contribution in [1.29, 1.82) is 0 Å². The predicted octanol–water partition coefficient (Wildman–Crippen LogP) is 2.33. The minimum Gasteiger partial charge on any atom is -0.495 e. The lowest BCUT2D eigenvalue weighted by atomic mass is 10.1. The number of hydrogen-bond donors (Lipinski definition) is 2. The second-order valence-electron chi connectivity index (χ2n) is 9.61. The molecule has 2 saturated heterocycles. The number of ether oxygens (including phenoxy) is 1. The molecule has 2 heterocycles. The van der Waals surface area contributed by atoms with Gasteiger partial charge in [0.2, 0.25) is 17.7 Å². The normalized spacial score (nSPS) is 18.2. The number of piperazine rings is 2. The second kappa shape index (κ2) is 11.5. The Morgan fingerprint density at radius 2 is 1.68 bits per heavy atom. The van der Waals surface area contributed by atoms with E-state index in [0.29, 0.717) is 18.8 Å². The molecule has 3 amide bonds. The van der Waals surface area contributed by atoms with Crippen molar-refractivity contribution in [3.63, 3.8) is 0 Å². The third kappa shape index (κ3) is 5.57. The Morgan fingerprint density at radius 1 is 0.947 bits per heavy atom. The Morgan fingerprint density at radius 3 is 2.50 bits per heavy atom. The van der Waals surface area contributed by atoms with Crippen LogP contribution in [-0.4, -0.2) is 86.5 Å². The molecular weight excluding hydrogens is 482 g/mol. The largest absolute Gasteiger partial charge is 0.495 e. The second-order valence-corrected chi connectivity index (χ2v) is 9.61. The van der Waals surface area contributed by atoms with Crippen LogP contribution in [0.5, 0.6) is 5.75 Å². The van der Waals surface area contributed by atoms with Crippen LogP contribution >= 0.6 is 0 Å². The summed E-state index contributed by atoms with van der Waals surface area (Å²) in [7, 11) is 1.67. The summed E-state index contributed by atoms with van der Waals surface area (Å²) in [4.78, 5) is 45.0. The van der Waals surface area contributed by atoms with Crippen LogP contribution in [0.1, 0.15) is 6.42 Å². The molecule has 1 unspecified atom stereocenters. The summed E-state index contributed by atoms with van der Waals surface area (Å²) in [6.07, 6.45) is -0.0949. The van der Waals surface area contributed by atoms with Crippen molar-refractivity contribution in [2.45, 2.75) is 12.5 Å². The zero-order valence-electron chi connectivity index (χ0n) is 21.6. The van der Waals surface area contributed by atoms with Gasteiger partial charge in [-0.05, 0) is 23.6 Å². The highest BCUT2D eigenvalue weighted by Gasteiger charge is 2.35. The summed E-state index contributed by atoms with van der Waals surface area (Å²) >= 11 is 0. The summed E-state index contributed by atoms with van der Waals surface area (Å²) in [5.41, 5.74) is 1.74. The average Bonchev–Trinajstić information content (AvgIpc) is 2.94. The number of anilines is 2. The first-order chi connectivity index (χ1) is 18.5. The molecule has 0 bridgehead atoms. The van der Waals surface area contributed by atoms with Crippen LogP contribution in [0.3, 0.4) is 0 Å². The lowest BCUT2D eigenvalue weighted by molar-refractivity contribution is -0.145. The van der Waals surface area contributed by atoms with E-state index < -0.39 is 6.04 Å². The Hall–Kier alpha value is -4.11. The van der Waals surface area contributed by atoms with Crippen LogP contribution in [-0.2, 0) is 14.4 Å². The topological polar surface area (TPSA) is 94.2 Å². The van der Waals surface area contributed by atoms with Crippen LogP contribution in [0.2, 0.25) is 0 Å². The molecule has 2 N–H and O–H groups in total. The number of carbonyl (C=O) groups is 3. The van der Waals surface area contributed by atoms with Gasteiger partial charge in [0.05, 0.1) is 25.8 Å². The molecule has 2 fully saturated rings. The quantitative estimate of drug-likeness (QED) is 0.502. The minimum absolute atomic E-state index is 0.0949. The first-order valence-electron chi connectivity index (χ1n) is 13.0. The Labute approximate surface area is 222 Å². The molecule has 9 heteroatoms. The van der Waals surface area contributed by atoms with E-state index >= 15 is 0 Å². The predicted molar refractivity (Wildman–Crippen MR) is 147 cm³/mol. The Bertz CT molecular complexity index is 1320. The van der Waals surface area contributed by atoms with Crippen molar-refractivity contribution >= 4 is 39.9 Å². The Kier molecular flexibility index (Phi) is 7.74. The van der Waals surface area contributed by atoms with Crippen LogP contribution < -0.4 is 20.3 Å². The van der Waals surface area contributed by atoms with Gasteiger partial charge in [-0.25, -0.2) is 0 Å². The van der Waals surface area contributed by atoms with Crippen LogP contribution in [0, 0.1) is 0 Å². The lowest BCUT2D eigenvalue weighted by Gasteiger charge is -2.39. The summed E-state index contributed by atoms with van der Waals surface area (Å²) in [6.45, 7) is 3.96. The maximum Gasteiger partial charge on any atom is 0.243 e. The number of amides is 3. The number of benzene rings is 3. The van der Waals surface area contributed by atoms with Gasteiger partial charge >= 0.3 is 0 Å². The molecule has 0 radical (unpaired) electrons. The fraction of sp³-hybridized carbons (Fsp3) is 0.345. The fourth-order valence-corrected chi connectivity index (χ4v) is 5.25. The third-order valence-electron chi connectivity index (χ3n) is 7.25. The molecule has 2 aliphatic rings. The fourth-order valence-electron chi connectivity index (χ4n) is 5.25. The summed E-state index contributed by atoms with van der Waals surface area (Å²) in [5, 5.41) is 7.69. The number of fused-ring (bicyclic) bond motifs is 1. The molecule has 0 spiro atoms. The molecule has 0 saturated carbocycles. The molecule has 3 aromatic rings. The SMILES string of the molecule is COc1ccccc1N1CCN(CC(=O)N2CCNC(=O)C2CC(=O)Nc2cccc3ccccc23)CC1. The van der Waals surface area contributed by atoms with Crippen molar-refractivity contribution in [2.24, 2.45) is 0 Å². The van der Waals surface area contributed by atoms with Crippen molar-refractivity contribution in [3.05, 3.63) is 66.7 Å². The number of rotatable bonds is 7. The van der Waals surface area contributed by atoms with E-state index in [2.05, 4.69) is 20.4 Å². The van der Waals surface area contributed by atoms with E-state index in [-0.39, 0.29) is 30.7 Å². The molecular formula is C29H33N5O4. The van der Waals surface area contributed by atoms with E-state index in [0.717, 1.165) is 48.4 Å². The summed E-state index contributed by atoms with van der Waals surface area (Å²) in [6, 6.07) is 20.6. The maximum absolute atomic E-state index is 13.3. The molecule has 2 aliphatic heterocycles. The van der Waals surface area contributed by atoms with E-state index in [1.165, 1.54) is 0 Å². The van der Waals surface area contributed by atoms with E-state index in [9.17, 15) is 14.4 Å². The number of methoxy groups -OCH3 is 1. The molecule has 3 aromatic carbocycles. The van der Waals surface area contributed by atoms with Gasteiger partial charge in [0, 0.05) is 50.3 Å². The molecule has 9 nitrogen and oxygen atoms in total. The van der Waals surface area contributed by atoms with E-state index in [1.54, 1.807) is 12.0 Å². The molecule has 1 atom stereocenters. The van der Waals surface area contributed by atoms with Gasteiger partial charge in [0.15, 0.2) is 0 Å². The lowest BCUT2D eigenvalue weighted by Crippen LogP contribution is -2.60. The van der Waals surface area contributed by atoms with Gasteiger partial charge in [-0.15, -0.1) is 0 Å². The maximum atomic E-state index is 13.3. The highest BCUT2D eigenvalue weighted by molar-refractivity contribution is 6.04. The van der Waals surface area contributed by atoms with Crippen LogP contribution in [0.25, 0.3) is 10.8 Å². The molecule has 0 aromatic heterocycles. The van der Waals surface area contributed by atoms with Crippen molar-refractivity contribution in [2.75, 3.05) is 63.1 Å². The average molecular weight is 516 g/mol. The highest BCUT2D eigenvalue weighted by atomic mass is 16.5. The number of nitrogens with one attached hydrogen (secondary N) is 2. The molecule has 198 valence electrons. The van der Waals surface area contributed by atoms with E-state index in [4.69, 9.17) is 4.74 Å². The number of nitrogens with zero attached hydrogens (tertiary/aromatic N) is 3. The van der Waals surface area contributed by atoms with Gasteiger partial charge in [0.1, 0.15) is 11.8 Å². The van der Waals surface area contributed by atoms with Crippen molar-refractivity contribution in [1.82, 2.24) is 15.1 Å². The number of hydrogen-bond acceptors (Lipinski definition) is 6. The summed E-state index contributed by atoms with van der Waals surface area (Å²) < 4.78 is 5.49. The third-order valence-corrected chi connectivity index (χ3v) is 7.25. The molecule has 38 heavy (non-hydrogen) atoms. The first-order valence-corrected chi connectivity index (χ1v) is 13.0. The zero-order chi connectivity index (χ0) is 26.5. The van der Waals surface area contributed by atoms with E-state index in [1.807, 2.05) is 66.7 Å².